The van der Waals surface area contributed by atoms with Crippen LogP contribution in [0.4, 0.5) is 11.4 Å². The van der Waals surface area contributed by atoms with Crippen molar-refractivity contribution in [2.75, 3.05) is 23.2 Å². The Balaban J connectivity index is 2.62. The van der Waals surface area contributed by atoms with Crippen LogP contribution in [0.1, 0.15) is 0 Å². The summed E-state index contributed by atoms with van der Waals surface area (Å²) in [4.78, 5) is 0. The van der Waals surface area contributed by atoms with Crippen LogP contribution in [0.5, 0.6) is 0 Å². The Morgan fingerprint density at radius 1 is 1.45 bits per heavy atom. The van der Waals surface area contributed by atoms with E-state index in [1.165, 1.54) is 0 Å². The van der Waals surface area contributed by atoms with Gasteiger partial charge in [-0.3, -0.25) is 0 Å². The molecule has 0 bridgehead atoms. The highest BCUT2D eigenvalue weighted by atomic mass is 32.2. The first-order valence-electron chi connectivity index (χ1n) is 3.42. The zero-order valence-corrected chi connectivity index (χ0v) is 7.32. The molecule has 0 aromatic heterocycles. The van der Waals surface area contributed by atoms with E-state index in [0.29, 0.717) is 0 Å². The second kappa shape index (κ2) is 4.13. The van der Waals surface area contributed by atoms with Crippen molar-refractivity contribution in [1.82, 2.24) is 0 Å². The van der Waals surface area contributed by atoms with Crippen LogP contribution in [-0.4, -0.2) is 12.1 Å². The molecule has 0 saturated carbocycles. The maximum absolute atomic E-state index is 5.69. The molecule has 0 atom stereocenters. The SMILES string of the molecule is CSCNc1ccccc1N. The van der Waals surface area contributed by atoms with Crippen LogP contribution in [0.3, 0.4) is 0 Å². The third-order valence-corrected chi connectivity index (χ3v) is 1.80. The molecule has 0 amide bonds. The van der Waals surface area contributed by atoms with E-state index in [1.54, 1.807) is 11.8 Å². The van der Waals surface area contributed by atoms with Crippen molar-refractivity contribution in [3.8, 4) is 0 Å². The highest BCUT2D eigenvalue weighted by Gasteiger charge is 1.93. The summed E-state index contributed by atoms with van der Waals surface area (Å²) in [6, 6.07) is 7.77. The second-order valence-electron chi connectivity index (χ2n) is 2.20. The quantitative estimate of drug-likeness (QED) is 0.535. The Labute approximate surface area is 71.2 Å². The molecule has 3 N–H and O–H groups in total. The Bertz CT molecular complexity index is 225. The minimum atomic E-state index is 0.807. The molecule has 1 aromatic rings. The molecule has 0 heterocycles. The zero-order valence-electron chi connectivity index (χ0n) is 6.50. The van der Waals surface area contributed by atoms with Crippen molar-refractivity contribution < 1.29 is 0 Å². The van der Waals surface area contributed by atoms with Crippen LogP contribution in [0.2, 0.25) is 0 Å². The predicted octanol–water partition coefficient (Wildman–Crippen LogP) is 2.00. The third-order valence-electron chi connectivity index (χ3n) is 1.37. The Morgan fingerprint density at radius 2 is 2.18 bits per heavy atom. The van der Waals surface area contributed by atoms with E-state index >= 15 is 0 Å². The number of thioether (sulfide) groups is 1. The normalized spacial score (nSPS) is 9.55. The molecule has 2 nitrogen and oxygen atoms in total. The number of nitrogens with two attached hydrogens (primary N) is 1. The van der Waals surface area contributed by atoms with Crippen molar-refractivity contribution >= 4 is 23.1 Å². The highest BCUT2D eigenvalue weighted by molar-refractivity contribution is 7.98. The average molecular weight is 168 g/mol. The summed E-state index contributed by atoms with van der Waals surface area (Å²) < 4.78 is 0. The van der Waals surface area contributed by atoms with Gasteiger partial charge in [0.1, 0.15) is 0 Å². The van der Waals surface area contributed by atoms with Gasteiger partial charge in [-0.2, -0.15) is 0 Å². The maximum Gasteiger partial charge on any atom is 0.0608 e. The van der Waals surface area contributed by atoms with E-state index < -0.39 is 0 Å². The lowest BCUT2D eigenvalue weighted by molar-refractivity contribution is 1.46. The van der Waals surface area contributed by atoms with Crippen molar-refractivity contribution in [3.05, 3.63) is 24.3 Å². The molecule has 0 aliphatic rings. The summed E-state index contributed by atoms with van der Waals surface area (Å²) in [5, 5.41) is 3.20. The first-order chi connectivity index (χ1) is 5.34. The zero-order chi connectivity index (χ0) is 8.10. The molecule has 11 heavy (non-hydrogen) atoms. The largest absolute Gasteiger partial charge is 0.397 e. The van der Waals surface area contributed by atoms with Crippen molar-refractivity contribution in [2.45, 2.75) is 0 Å². The van der Waals surface area contributed by atoms with Crippen LogP contribution in [0.25, 0.3) is 0 Å². The fraction of sp³-hybridized carbons (Fsp3) is 0.250. The molecule has 0 aliphatic carbocycles. The number of hydrogen-bond donors (Lipinski definition) is 2. The smallest absolute Gasteiger partial charge is 0.0608 e. The maximum atomic E-state index is 5.69. The van der Waals surface area contributed by atoms with Crippen molar-refractivity contribution in [1.29, 1.82) is 0 Å². The van der Waals surface area contributed by atoms with E-state index in [4.69, 9.17) is 5.73 Å². The fourth-order valence-corrected chi connectivity index (χ4v) is 1.11. The summed E-state index contributed by atoms with van der Waals surface area (Å²) >= 11 is 1.74. The lowest BCUT2D eigenvalue weighted by Crippen LogP contribution is -1.99. The number of hydrogen-bond acceptors (Lipinski definition) is 3. The van der Waals surface area contributed by atoms with Gasteiger partial charge in [0.25, 0.3) is 0 Å². The molecular formula is C8H12N2S. The van der Waals surface area contributed by atoms with Crippen LogP contribution < -0.4 is 11.1 Å². The second-order valence-corrected chi connectivity index (χ2v) is 3.06. The minimum Gasteiger partial charge on any atom is -0.397 e. The van der Waals surface area contributed by atoms with Crippen LogP contribution in [0, 0.1) is 0 Å². The topological polar surface area (TPSA) is 38.0 Å². The van der Waals surface area contributed by atoms with E-state index in [2.05, 4.69) is 5.32 Å². The molecule has 60 valence electrons. The summed E-state index contributed by atoms with van der Waals surface area (Å²) in [6.45, 7) is 0. The van der Waals surface area contributed by atoms with E-state index in [9.17, 15) is 0 Å². The van der Waals surface area contributed by atoms with Gasteiger partial charge in [-0.1, -0.05) is 12.1 Å². The van der Waals surface area contributed by atoms with Gasteiger partial charge in [0.05, 0.1) is 17.3 Å². The molecule has 0 aliphatic heterocycles. The summed E-state index contributed by atoms with van der Waals surface area (Å²) in [7, 11) is 0. The van der Waals surface area contributed by atoms with Crippen LogP contribution in [-0.2, 0) is 0 Å². The standard InChI is InChI=1S/C8H12N2S/c1-11-6-10-8-5-3-2-4-7(8)9/h2-5,10H,6,9H2,1H3. The van der Waals surface area contributed by atoms with Crippen molar-refractivity contribution in [3.63, 3.8) is 0 Å². The molecule has 1 rings (SSSR count). The number of nitrogens with one attached hydrogen (secondary N) is 1. The van der Waals surface area contributed by atoms with E-state index in [1.807, 2.05) is 30.5 Å². The van der Waals surface area contributed by atoms with Crippen LogP contribution >= 0.6 is 11.8 Å². The highest BCUT2D eigenvalue weighted by Crippen LogP contribution is 2.16. The lowest BCUT2D eigenvalue weighted by Gasteiger charge is -2.06. The van der Waals surface area contributed by atoms with Crippen LogP contribution in [0.15, 0.2) is 24.3 Å². The molecule has 0 radical (unpaired) electrons. The summed E-state index contributed by atoms with van der Waals surface area (Å²) in [6.07, 6.45) is 2.05. The molecule has 1 aromatic carbocycles. The van der Waals surface area contributed by atoms with Gasteiger partial charge in [-0.15, -0.1) is 11.8 Å². The first kappa shape index (κ1) is 8.27. The fourth-order valence-electron chi connectivity index (χ4n) is 0.808. The predicted molar refractivity (Wildman–Crippen MR) is 52.9 cm³/mol. The molecule has 0 unspecified atom stereocenters. The molecular weight excluding hydrogens is 156 g/mol. The van der Waals surface area contributed by atoms with Gasteiger partial charge < -0.3 is 11.1 Å². The monoisotopic (exact) mass is 168 g/mol. The van der Waals surface area contributed by atoms with Gasteiger partial charge in [-0.05, 0) is 18.4 Å². The van der Waals surface area contributed by atoms with Gasteiger partial charge in [-0.25, -0.2) is 0 Å². The molecule has 0 saturated heterocycles. The van der Waals surface area contributed by atoms with Gasteiger partial charge in [0.2, 0.25) is 0 Å². The summed E-state index contributed by atoms with van der Waals surface area (Å²) in [5.74, 6) is 0.897. The van der Waals surface area contributed by atoms with Crippen molar-refractivity contribution in [2.24, 2.45) is 0 Å². The Hall–Kier alpha value is -0.830. The summed E-state index contributed by atoms with van der Waals surface area (Å²) in [5.41, 5.74) is 7.51. The number of rotatable bonds is 3. The number of nitrogen functional groups attached to an aromatic ring is 1. The van der Waals surface area contributed by atoms with E-state index in [0.717, 1.165) is 17.3 Å². The molecule has 3 heteroatoms. The number of para-hydroxylation sites is 2. The molecule has 0 fully saturated rings. The van der Waals surface area contributed by atoms with Gasteiger partial charge in [0.15, 0.2) is 0 Å². The molecule has 0 spiro atoms. The van der Waals surface area contributed by atoms with Gasteiger partial charge >= 0.3 is 0 Å². The Kier molecular flexibility index (Phi) is 3.11. The van der Waals surface area contributed by atoms with Gasteiger partial charge in [0, 0.05) is 0 Å². The third kappa shape index (κ3) is 2.35. The average Bonchev–Trinajstić information content (AvgIpc) is 2.03. The first-order valence-corrected chi connectivity index (χ1v) is 4.81. The lowest BCUT2D eigenvalue weighted by atomic mass is 10.3. The number of anilines is 2. The minimum absolute atomic E-state index is 0.807. The Morgan fingerprint density at radius 3 is 2.82 bits per heavy atom. The van der Waals surface area contributed by atoms with E-state index in [-0.39, 0.29) is 0 Å². The number of benzene rings is 1.